The number of aliphatic hydroxyl groups excluding tert-OH is 1. The monoisotopic (exact) mass is 499 g/mol. The highest BCUT2D eigenvalue weighted by Crippen LogP contribution is 2.43. The number of phenols is 1. The number of aryl methyl sites for hydroxylation is 1. The van der Waals surface area contributed by atoms with Crippen molar-refractivity contribution in [2.45, 2.75) is 25.8 Å². The van der Waals surface area contributed by atoms with Gasteiger partial charge in [-0.2, -0.15) is 0 Å². The van der Waals surface area contributed by atoms with Gasteiger partial charge < -0.3 is 19.7 Å². The first-order chi connectivity index (χ1) is 17.9. The topological polar surface area (TPSA) is 113 Å². The van der Waals surface area contributed by atoms with Crippen molar-refractivity contribution in [1.29, 1.82) is 0 Å². The largest absolute Gasteiger partial charge is 0.508 e. The number of ether oxygens (including phenoxy) is 2. The van der Waals surface area contributed by atoms with Crippen LogP contribution in [0.5, 0.6) is 11.5 Å². The Kier molecular flexibility index (Phi) is 6.40. The van der Waals surface area contributed by atoms with Gasteiger partial charge in [-0.3, -0.25) is 14.5 Å². The summed E-state index contributed by atoms with van der Waals surface area (Å²) in [4.78, 5) is 40.0. The van der Waals surface area contributed by atoms with Crippen molar-refractivity contribution in [3.63, 3.8) is 0 Å². The summed E-state index contributed by atoms with van der Waals surface area (Å²) in [6.07, 6.45) is 1.61. The summed E-state index contributed by atoms with van der Waals surface area (Å²) in [5, 5.41) is 21.5. The Labute approximate surface area is 213 Å². The molecule has 188 valence electrons. The smallest absolute Gasteiger partial charge is 0.338 e. The maximum absolute atomic E-state index is 13.4. The van der Waals surface area contributed by atoms with Crippen LogP contribution >= 0.6 is 0 Å². The van der Waals surface area contributed by atoms with E-state index >= 15 is 0 Å². The second-order valence-corrected chi connectivity index (χ2v) is 8.81. The predicted molar refractivity (Wildman–Crippen MR) is 136 cm³/mol. The summed E-state index contributed by atoms with van der Waals surface area (Å²) < 4.78 is 10.7. The number of hydrogen-bond donors (Lipinski definition) is 2. The van der Waals surface area contributed by atoms with Gasteiger partial charge in [0.25, 0.3) is 11.7 Å². The minimum atomic E-state index is -1.01. The lowest BCUT2D eigenvalue weighted by atomic mass is 9.93. The van der Waals surface area contributed by atoms with Gasteiger partial charge in [-0.05, 0) is 85.5 Å². The third kappa shape index (κ3) is 4.42. The number of aromatic hydroxyl groups is 1. The summed E-state index contributed by atoms with van der Waals surface area (Å²) in [6.45, 7) is 2.55. The van der Waals surface area contributed by atoms with Gasteiger partial charge in [-0.1, -0.05) is 12.1 Å². The SMILES string of the molecule is CCOC(=O)c1ccc(N2C(=O)C(=O)/C(=C(\O)c3ccc4c(c3)CCCO4)C2c2cccc(O)c2)cc1. The summed E-state index contributed by atoms with van der Waals surface area (Å²) in [6, 6.07) is 16.5. The first kappa shape index (κ1) is 24.1. The predicted octanol–water partition coefficient (Wildman–Crippen LogP) is 4.52. The number of phenolic OH excluding ortho intramolecular Hbond substituents is 1. The number of nitrogens with zero attached hydrogens (tertiary/aromatic N) is 1. The molecular weight excluding hydrogens is 474 g/mol. The number of aliphatic hydroxyl groups is 1. The van der Waals surface area contributed by atoms with Crippen LogP contribution in [-0.4, -0.2) is 41.1 Å². The van der Waals surface area contributed by atoms with Gasteiger partial charge in [-0.15, -0.1) is 0 Å². The molecule has 2 aliphatic heterocycles. The van der Waals surface area contributed by atoms with E-state index in [9.17, 15) is 24.6 Å². The van der Waals surface area contributed by atoms with Crippen LogP contribution in [0.25, 0.3) is 5.76 Å². The van der Waals surface area contributed by atoms with Crippen molar-refractivity contribution in [2.24, 2.45) is 0 Å². The van der Waals surface area contributed by atoms with Crippen molar-refractivity contribution in [1.82, 2.24) is 0 Å². The van der Waals surface area contributed by atoms with Crippen LogP contribution in [-0.2, 0) is 20.7 Å². The summed E-state index contributed by atoms with van der Waals surface area (Å²) >= 11 is 0. The van der Waals surface area contributed by atoms with E-state index in [-0.39, 0.29) is 23.7 Å². The number of amides is 1. The van der Waals surface area contributed by atoms with Gasteiger partial charge in [0.1, 0.15) is 17.3 Å². The zero-order valence-electron chi connectivity index (χ0n) is 20.1. The lowest BCUT2D eigenvalue weighted by molar-refractivity contribution is -0.132. The minimum Gasteiger partial charge on any atom is -0.508 e. The van der Waals surface area contributed by atoms with Crippen LogP contribution in [0.2, 0.25) is 0 Å². The Morgan fingerprint density at radius 1 is 1.05 bits per heavy atom. The van der Waals surface area contributed by atoms with E-state index in [0.717, 1.165) is 24.2 Å². The van der Waals surface area contributed by atoms with Gasteiger partial charge in [0, 0.05) is 11.3 Å². The molecule has 1 atom stereocenters. The quantitative estimate of drug-likeness (QED) is 0.230. The van der Waals surface area contributed by atoms with E-state index in [1.807, 2.05) is 0 Å². The lowest BCUT2D eigenvalue weighted by Gasteiger charge is -2.26. The molecule has 0 aromatic heterocycles. The molecule has 37 heavy (non-hydrogen) atoms. The maximum atomic E-state index is 13.4. The van der Waals surface area contributed by atoms with E-state index in [2.05, 4.69) is 0 Å². The van der Waals surface area contributed by atoms with Crippen molar-refractivity contribution in [3.8, 4) is 11.5 Å². The minimum absolute atomic E-state index is 0.0494. The van der Waals surface area contributed by atoms with Gasteiger partial charge in [0.05, 0.1) is 30.4 Å². The van der Waals surface area contributed by atoms with Crippen molar-refractivity contribution >= 4 is 29.1 Å². The van der Waals surface area contributed by atoms with Gasteiger partial charge in [-0.25, -0.2) is 4.79 Å². The summed E-state index contributed by atoms with van der Waals surface area (Å²) in [5.74, 6) is -1.82. The fourth-order valence-corrected chi connectivity index (χ4v) is 4.74. The van der Waals surface area contributed by atoms with Crippen LogP contribution in [0, 0.1) is 0 Å². The number of esters is 1. The first-order valence-electron chi connectivity index (χ1n) is 12.0. The zero-order valence-corrected chi connectivity index (χ0v) is 20.1. The van der Waals surface area contributed by atoms with Gasteiger partial charge >= 0.3 is 5.97 Å². The van der Waals surface area contributed by atoms with Gasteiger partial charge in [0.15, 0.2) is 0 Å². The van der Waals surface area contributed by atoms with Crippen LogP contribution in [0.4, 0.5) is 5.69 Å². The Bertz CT molecular complexity index is 1420. The molecule has 0 spiro atoms. The number of carbonyl (C=O) groups excluding carboxylic acids is 3. The van der Waals surface area contributed by atoms with E-state index in [1.165, 1.54) is 29.2 Å². The molecule has 8 nitrogen and oxygen atoms in total. The van der Waals surface area contributed by atoms with Crippen LogP contribution in [0.15, 0.2) is 72.3 Å². The zero-order chi connectivity index (χ0) is 26.1. The number of carbonyl (C=O) groups is 3. The molecule has 0 aliphatic carbocycles. The summed E-state index contributed by atoms with van der Waals surface area (Å²) in [7, 11) is 0. The van der Waals surface area contributed by atoms with E-state index in [0.29, 0.717) is 29.0 Å². The second kappa shape index (κ2) is 9.81. The number of anilines is 1. The molecule has 1 fully saturated rings. The molecule has 3 aromatic rings. The Morgan fingerprint density at radius 3 is 2.54 bits per heavy atom. The molecule has 8 heteroatoms. The van der Waals surface area contributed by atoms with Crippen molar-refractivity contribution < 1.29 is 34.1 Å². The molecule has 1 unspecified atom stereocenters. The summed E-state index contributed by atoms with van der Waals surface area (Å²) in [5.41, 5.74) is 2.30. The Balaban J connectivity index is 1.63. The highest BCUT2D eigenvalue weighted by Gasteiger charge is 2.47. The molecule has 3 aromatic carbocycles. The standard InChI is InChI=1S/C29H25NO7/c1-2-36-29(35)17-8-11-21(12-9-17)30-25(19-5-3-7-22(31)16-19)24(27(33)28(30)34)26(32)20-10-13-23-18(15-20)6-4-14-37-23/h3,5,7-13,15-16,25,31-32H,2,4,6,14H2,1H3/b26-24-. The van der Waals surface area contributed by atoms with E-state index in [1.54, 1.807) is 49.4 Å². The molecule has 1 amide bonds. The lowest BCUT2D eigenvalue weighted by Crippen LogP contribution is -2.29. The second-order valence-electron chi connectivity index (χ2n) is 8.81. The van der Waals surface area contributed by atoms with Crippen LogP contribution in [0.3, 0.4) is 0 Å². The number of benzene rings is 3. The third-order valence-electron chi connectivity index (χ3n) is 6.47. The molecule has 5 rings (SSSR count). The van der Waals surface area contributed by atoms with Crippen molar-refractivity contribution in [3.05, 3.63) is 94.6 Å². The number of hydrogen-bond acceptors (Lipinski definition) is 7. The number of rotatable bonds is 5. The number of Topliss-reactive ketones (excluding diaryl/α,β-unsaturated/α-hetero) is 1. The van der Waals surface area contributed by atoms with Gasteiger partial charge in [0.2, 0.25) is 0 Å². The molecule has 2 aliphatic rings. The highest BCUT2D eigenvalue weighted by molar-refractivity contribution is 6.51. The Hall–Kier alpha value is -4.59. The van der Waals surface area contributed by atoms with E-state index in [4.69, 9.17) is 9.47 Å². The average Bonchev–Trinajstić information content (AvgIpc) is 3.18. The third-order valence-corrected chi connectivity index (χ3v) is 6.47. The average molecular weight is 500 g/mol. The fourth-order valence-electron chi connectivity index (χ4n) is 4.74. The van der Waals surface area contributed by atoms with Crippen molar-refractivity contribution in [2.75, 3.05) is 18.1 Å². The molecule has 2 N–H and O–H groups in total. The molecule has 0 radical (unpaired) electrons. The fraction of sp³-hybridized carbons (Fsp3) is 0.207. The van der Waals surface area contributed by atoms with E-state index < -0.39 is 23.7 Å². The first-order valence-corrected chi connectivity index (χ1v) is 12.0. The Morgan fingerprint density at radius 2 is 1.81 bits per heavy atom. The molecule has 0 saturated carbocycles. The molecule has 2 heterocycles. The number of fused-ring (bicyclic) bond motifs is 1. The van der Waals surface area contributed by atoms with Crippen LogP contribution in [0.1, 0.15) is 46.4 Å². The maximum Gasteiger partial charge on any atom is 0.338 e. The molecule has 1 saturated heterocycles. The molecular formula is C29H25NO7. The molecule has 0 bridgehead atoms. The number of ketones is 1. The highest BCUT2D eigenvalue weighted by atomic mass is 16.5. The van der Waals surface area contributed by atoms with Crippen LogP contribution < -0.4 is 9.64 Å². The normalized spacial score (nSPS) is 18.3.